The second-order valence-electron chi connectivity index (χ2n) is 11.2. The molecule has 0 unspecified atom stereocenters. The van der Waals surface area contributed by atoms with Crippen LogP contribution in [0.1, 0.15) is 22.3 Å². The van der Waals surface area contributed by atoms with Crippen LogP contribution in [0, 0.1) is 0 Å². The van der Waals surface area contributed by atoms with Crippen molar-refractivity contribution in [1.29, 1.82) is 0 Å². The first-order valence-electron chi connectivity index (χ1n) is 13.8. The van der Waals surface area contributed by atoms with Gasteiger partial charge in [0.15, 0.2) is 0 Å². The molecule has 0 fully saturated rings. The Morgan fingerprint density at radius 2 is 0.816 bits per heavy atom. The Bertz CT molecular complexity index is 1150. The van der Waals surface area contributed by atoms with Gasteiger partial charge >= 0.3 is 0 Å². The van der Waals surface area contributed by atoms with Crippen LogP contribution >= 0.6 is 0 Å². The van der Waals surface area contributed by atoms with E-state index in [1.54, 1.807) is 5.20 Å². The first kappa shape index (κ1) is 27.8. The number of nitrogens with zero attached hydrogens (tertiary/aromatic N) is 2. The standard InChI is InChI=1S/C35H42N2Si/c1-38(2,3)35(30-37(28-33-20-12-6-13-21-33)29-34-22-14-7-15-23-34)24-25-36(26-31-16-8-4-9-17-31)27-32-18-10-5-11-19-32/h4-24H,25-30H2,1-3H3/b35-24+. The zero-order chi connectivity index (χ0) is 26.6. The molecule has 4 aromatic rings. The Kier molecular flexibility index (Phi) is 10.3. The van der Waals surface area contributed by atoms with E-state index in [0.717, 1.165) is 39.3 Å². The van der Waals surface area contributed by atoms with Crippen molar-refractivity contribution in [3.8, 4) is 0 Å². The van der Waals surface area contributed by atoms with Gasteiger partial charge in [-0.3, -0.25) is 9.80 Å². The fourth-order valence-corrected chi connectivity index (χ4v) is 6.21. The maximum Gasteiger partial charge on any atom is 0.0737 e. The number of benzene rings is 4. The Morgan fingerprint density at radius 1 is 0.500 bits per heavy atom. The molecule has 0 aliphatic rings. The summed E-state index contributed by atoms with van der Waals surface area (Å²) in [5.74, 6) is 0. The lowest BCUT2D eigenvalue weighted by Gasteiger charge is -2.30. The maximum absolute atomic E-state index is 2.62. The van der Waals surface area contributed by atoms with Gasteiger partial charge in [-0.1, -0.05) is 152 Å². The zero-order valence-corrected chi connectivity index (χ0v) is 24.3. The van der Waals surface area contributed by atoms with Crippen LogP contribution in [0.25, 0.3) is 0 Å². The summed E-state index contributed by atoms with van der Waals surface area (Å²) in [4.78, 5) is 5.19. The van der Waals surface area contributed by atoms with Crippen molar-refractivity contribution >= 4 is 8.07 Å². The minimum absolute atomic E-state index is 0.947. The van der Waals surface area contributed by atoms with Crippen molar-refractivity contribution in [2.45, 2.75) is 45.8 Å². The van der Waals surface area contributed by atoms with Crippen LogP contribution in [0.5, 0.6) is 0 Å². The van der Waals surface area contributed by atoms with Crippen LogP contribution in [0.4, 0.5) is 0 Å². The average molecular weight is 519 g/mol. The van der Waals surface area contributed by atoms with E-state index in [1.807, 2.05) is 0 Å². The molecule has 0 saturated carbocycles. The Hall–Kier alpha value is -3.24. The molecule has 4 aromatic carbocycles. The molecule has 196 valence electrons. The lowest BCUT2D eigenvalue weighted by molar-refractivity contribution is 0.275. The highest BCUT2D eigenvalue weighted by Gasteiger charge is 2.22. The van der Waals surface area contributed by atoms with Crippen LogP contribution in [0.15, 0.2) is 133 Å². The Balaban J connectivity index is 1.56. The molecule has 0 N–H and O–H groups in total. The molecule has 2 nitrogen and oxygen atoms in total. The fourth-order valence-electron chi connectivity index (χ4n) is 4.81. The van der Waals surface area contributed by atoms with Crippen molar-refractivity contribution < 1.29 is 0 Å². The highest BCUT2D eigenvalue weighted by atomic mass is 28.3. The largest absolute Gasteiger partial charge is 0.291 e. The van der Waals surface area contributed by atoms with Gasteiger partial charge in [-0.2, -0.15) is 0 Å². The van der Waals surface area contributed by atoms with Gasteiger partial charge in [-0.05, 0) is 22.3 Å². The van der Waals surface area contributed by atoms with E-state index in [-0.39, 0.29) is 0 Å². The first-order chi connectivity index (χ1) is 18.5. The molecule has 0 aliphatic carbocycles. The van der Waals surface area contributed by atoms with Crippen molar-refractivity contribution in [2.75, 3.05) is 13.1 Å². The minimum atomic E-state index is -1.54. The van der Waals surface area contributed by atoms with Gasteiger partial charge in [0, 0.05) is 39.3 Å². The summed E-state index contributed by atoms with van der Waals surface area (Å²) < 4.78 is 0. The lowest BCUT2D eigenvalue weighted by Crippen LogP contribution is -2.35. The molecular weight excluding hydrogens is 476 g/mol. The molecule has 0 amide bonds. The molecule has 0 atom stereocenters. The maximum atomic E-state index is 2.62. The second kappa shape index (κ2) is 14.1. The first-order valence-corrected chi connectivity index (χ1v) is 17.3. The van der Waals surface area contributed by atoms with Crippen LogP contribution in [-0.2, 0) is 26.2 Å². The zero-order valence-electron chi connectivity index (χ0n) is 23.3. The van der Waals surface area contributed by atoms with Gasteiger partial charge in [0.2, 0.25) is 0 Å². The van der Waals surface area contributed by atoms with Crippen molar-refractivity contribution in [1.82, 2.24) is 9.80 Å². The van der Waals surface area contributed by atoms with Crippen molar-refractivity contribution in [3.05, 3.63) is 155 Å². The van der Waals surface area contributed by atoms with E-state index in [4.69, 9.17) is 0 Å². The SMILES string of the molecule is C[Si](C)(C)/C(=C/CN(Cc1ccccc1)Cc1ccccc1)CN(Cc1ccccc1)Cc1ccccc1. The Labute approximate surface area is 231 Å². The third-order valence-corrected chi connectivity index (χ3v) is 9.24. The van der Waals surface area contributed by atoms with E-state index < -0.39 is 8.07 Å². The molecule has 0 aliphatic heterocycles. The molecular formula is C35H42N2Si. The molecule has 3 heteroatoms. The molecule has 0 bridgehead atoms. The van der Waals surface area contributed by atoms with E-state index in [0.29, 0.717) is 0 Å². The molecule has 4 rings (SSSR count). The number of hydrogen-bond acceptors (Lipinski definition) is 2. The summed E-state index contributed by atoms with van der Waals surface area (Å²) in [6.45, 7) is 13.2. The number of rotatable bonds is 13. The average Bonchev–Trinajstić information content (AvgIpc) is 2.92. The monoisotopic (exact) mass is 518 g/mol. The van der Waals surface area contributed by atoms with Crippen LogP contribution in [-0.4, -0.2) is 31.0 Å². The predicted octanol–water partition coefficient (Wildman–Crippen LogP) is 8.20. The summed E-state index contributed by atoms with van der Waals surface area (Å²) in [6.07, 6.45) is 2.56. The molecule has 0 heterocycles. The normalized spacial score (nSPS) is 12.3. The van der Waals surface area contributed by atoms with Crippen molar-refractivity contribution in [3.63, 3.8) is 0 Å². The predicted molar refractivity (Wildman–Crippen MR) is 165 cm³/mol. The van der Waals surface area contributed by atoms with E-state index in [2.05, 4.69) is 157 Å². The minimum Gasteiger partial charge on any atom is -0.291 e. The summed E-state index contributed by atoms with van der Waals surface area (Å²) >= 11 is 0. The molecule has 0 aromatic heterocycles. The van der Waals surface area contributed by atoms with Gasteiger partial charge in [0.05, 0.1) is 8.07 Å². The molecule has 0 radical (unpaired) electrons. The van der Waals surface area contributed by atoms with Gasteiger partial charge in [-0.15, -0.1) is 0 Å². The van der Waals surface area contributed by atoms with Gasteiger partial charge in [-0.25, -0.2) is 0 Å². The summed E-state index contributed by atoms with van der Waals surface area (Å²) in [5, 5.41) is 1.62. The highest BCUT2D eigenvalue weighted by molar-refractivity contribution is 6.83. The number of hydrogen-bond donors (Lipinski definition) is 0. The summed E-state index contributed by atoms with van der Waals surface area (Å²) in [7, 11) is -1.54. The van der Waals surface area contributed by atoms with Crippen molar-refractivity contribution in [2.24, 2.45) is 0 Å². The van der Waals surface area contributed by atoms with Crippen LogP contribution in [0.3, 0.4) is 0 Å². The smallest absolute Gasteiger partial charge is 0.0737 e. The Morgan fingerprint density at radius 3 is 1.13 bits per heavy atom. The van der Waals surface area contributed by atoms with Gasteiger partial charge in [0.25, 0.3) is 0 Å². The molecule has 0 spiro atoms. The van der Waals surface area contributed by atoms with Gasteiger partial charge < -0.3 is 0 Å². The fraction of sp³-hybridized carbons (Fsp3) is 0.257. The highest BCUT2D eigenvalue weighted by Crippen LogP contribution is 2.20. The third-order valence-electron chi connectivity index (χ3n) is 6.95. The second-order valence-corrected chi connectivity index (χ2v) is 16.4. The quantitative estimate of drug-likeness (QED) is 0.165. The van der Waals surface area contributed by atoms with E-state index in [1.165, 1.54) is 22.3 Å². The topological polar surface area (TPSA) is 6.48 Å². The lowest BCUT2D eigenvalue weighted by atomic mass is 10.1. The third kappa shape index (κ3) is 9.25. The molecule has 38 heavy (non-hydrogen) atoms. The van der Waals surface area contributed by atoms with Crippen LogP contribution in [0.2, 0.25) is 19.6 Å². The summed E-state index contributed by atoms with van der Waals surface area (Å²) in [5.41, 5.74) is 5.46. The van der Waals surface area contributed by atoms with Crippen LogP contribution < -0.4 is 0 Å². The van der Waals surface area contributed by atoms with Gasteiger partial charge in [0.1, 0.15) is 0 Å². The van der Waals surface area contributed by atoms with E-state index >= 15 is 0 Å². The van der Waals surface area contributed by atoms with E-state index in [9.17, 15) is 0 Å². The molecule has 0 saturated heterocycles. The summed E-state index contributed by atoms with van der Waals surface area (Å²) in [6, 6.07) is 43.5.